The minimum Gasteiger partial charge on any atom is -0.396 e. The summed E-state index contributed by atoms with van der Waals surface area (Å²) in [4.78, 5) is 3.96. The van der Waals surface area contributed by atoms with Crippen LogP contribution in [-0.2, 0) is 7.05 Å². The van der Waals surface area contributed by atoms with E-state index in [1.165, 1.54) is 18.1 Å². The second-order valence-corrected chi connectivity index (χ2v) is 2.80. The molecule has 0 radical (unpaired) electrons. The van der Waals surface area contributed by atoms with E-state index in [2.05, 4.69) is 10.1 Å². The Kier molecular flexibility index (Phi) is 2.70. The van der Waals surface area contributed by atoms with Gasteiger partial charge in [0.15, 0.2) is 5.16 Å². The first-order valence-electron chi connectivity index (χ1n) is 2.92. The van der Waals surface area contributed by atoms with Gasteiger partial charge in [-0.1, -0.05) is 11.8 Å². The van der Waals surface area contributed by atoms with Crippen LogP contribution < -0.4 is 0 Å². The van der Waals surface area contributed by atoms with Gasteiger partial charge >= 0.3 is 0 Å². The third-order valence-corrected chi connectivity index (χ3v) is 2.01. The maximum atomic E-state index is 8.48. The number of aromatic nitrogens is 3. The van der Waals surface area contributed by atoms with E-state index in [4.69, 9.17) is 5.11 Å². The summed E-state index contributed by atoms with van der Waals surface area (Å²) in [6, 6.07) is 0. The van der Waals surface area contributed by atoms with Crippen LogP contribution in [0, 0.1) is 0 Å². The van der Waals surface area contributed by atoms with Crippen molar-refractivity contribution in [2.45, 2.75) is 5.16 Å². The van der Waals surface area contributed by atoms with Crippen LogP contribution in [0.5, 0.6) is 0 Å². The van der Waals surface area contributed by atoms with Crippen LogP contribution in [0.4, 0.5) is 0 Å². The standard InChI is InChI=1S/C5H9N3OS/c1-8-5(6-4-7-8)10-3-2-9/h4,9H,2-3H2,1H3. The van der Waals surface area contributed by atoms with Gasteiger partial charge in [-0.05, 0) is 0 Å². The summed E-state index contributed by atoms with van der Waals surface area (Å²) in [7, 11) is 1.83. The van der Waals surface area contributed by atoms with Crippen LogP contribution in [0.15, 0.2) is 11.5 Å². The first-order valence-corrected chi connectivity index (χ1v) is 3.91. The van der Waals surface area contributed by atoms with Crippen molar-refractivity contribution in [1.82, 2.24) is 14.8 Å². The average molecular weight is 159 g/mol. The molecule has 0 bridgehead atoms. The molecule has 1 rings (SSSR count). The van der Waals surface area contributed by atoms with Crippen molar-refractivity contribution in [3.63, 3.8) is 0 Å². The van der Waals surface area contributed by atoms with Crippen molar-refractivity contribution < 1.29 is 5.11 Å². The Morgan fingerprint density at radius 1 is 1.80 bits per heavy atom. The lowest BCUT2D eigenvalue weighted by Gasteiger charge is -1.95. The van der Waals surface area contributed by atoms with Gasteiger partial charge in [0.1, 0.15) is 6.33 Å². The minimum atomic E-state index is 0.178. The number of aliphatic hydroxyl groups is 1. The molecule has 0 saturated carbocycles. The van der Waals surface area contributed by atoms with Crippen LogP contribution in [0.1, 0.15) is 0 Å². The molecule has 0 amide bonds. The van der Waals surface area contributed by atoms with Crippen molar-refractivity contribution >= 4 is 11.8 Å². The maximum Gasteiger partial charge on any atom is 0.185 e. The summed E-state index contributed by atoms with van der Waals surface area (Å²) in [5.41, 5.74) is 0. The molecule has 0 aromatic carbocycles. The molecule has 1 aromatic rings. The lowest BCUT2D eigenvalue weighted by molar-refractivity contribution is 0.322. The molecular formula is C5H9N3OS. The third kappa shape index (κ3) is 1.71. The SMILES string of the molecule is Cn1ncnc1SCCO. The summed E-state index contributed by atoms with van der Waals surface area (Å²) in [5, 5.41) is 13.2. The number of aryl methyl sites for hydroxylation is 1. The fraction of sp³-hybridized carbons (Fsp3) is 0.600. The molecule has 4 nitrogen and oxygen atoms in total. The quantitative estimate of drug-likeness (QED) is 0.626. The summed E-state index contributed by atoms with van der Waals surface area (Å²) in [5.74, 6) is 0.673. The van der Waals surface area contributed by atoms with E-state index in [1.54, 1.807) is 4.68 Å². The fourth-order valence-corrected chi connectivity index (χ4v) is 1.18. The van der Waals surface area contributed by atoms with Gasteiger partial charge in [-0.2, -0.15) is 5.10 Å². The summed E-state index contributed by atoms with van der Waals surface area (Å²) >= 11 is 1.49. The van der Waals surface area contributed by atoms with E-state index in [-0.39, 0.29) is 6.61 Å². The Bertz CT molecular complexity index is 201. The molecule has 0 atom stereocenters. The molecule has 0 aliphatic carbocycles. The van der Waals surface area contributed by atoms with Crippen LogP contribution in [-0.4, -0.2) is 32.2 Å². The maximum absolute atomic E-state index is 8.48. The number of nitrogens with zero attached hydrogens (tertiary/aromatic N) is 3. The Labute approximate surface area is 63.3 Å². The van der Waals surface area contributed by atoms with Gasteiger partial charge in [0.05, 0.1) is 6.61 Å². The predicted octanol–water partition coefficient (Wildman–Crippen LogP) is -0.100. The summed E-state index contributed by atoms with van der Waals surface area (Å²) in [6.45, 7) is 0.178. The zero-order valence-corrected chi connectivity index (χ0v) is 6.51. The average Bonchev–Trinajstić information content (AvgIpc) is 2.31. The molecule has 10 heavy (non-hydrogen) atoms. The van der Waals surface area contributed by atoms with Crippen molar-refractivity contribution in [3.05, 3.63) is 6.33 Å². The molecule has 1 aromatic heterocycles. The highest BCUT2D eigenvalue weighted by atomic mass is 32.2. The highest BCUT2D eigenvalue weighted by molar-refractivity contribution is 7.99. The van der Waals surface area contributed by atoms with Gasteiger partial charge in [0.25, 0.3) is 0 Å². The molecule has 56 valence electrons. The minimum absolute atomic E-state index is 0.178. The normalized spacial score (nSPS) is 10.2. The zero-order chi connectivity index (χ0) is 7.40. The molecule has 1 heterocycles. The molecule has 0 aliphatic heterocycles. The number of hydrogen-bond acceptors (Lipinski definition) is 4. The van der Waals surface area contributed by atoms with Gasteiger partial charge < -0.3 is 5.11 Å². The molecular weight excluding hydrogens is 150 g/mol. The van der Waals surface area contributed by atoms with E-state index < -0.39 is 0 Å². The molecule has 1 N–H and O–H groups in total. The Hall–Kier alpha value is -0.550. The van der Waals surface area contributed by atoms with Gasteiger partial charge in [0.2, 0.25) is 0 Å². The highest BCUT2D eigenvalue weighted by Crippen LogP contribution is 2.11. The Morgan fingerprint density at radius 2 is 2.60 bits per heavy atom. The van der Waals surface area contributed by atoms with E-state index in [0.717, 1.165) is 5.16 Å². The second kappa shape index (κ2) is 3.58. The molecule has 0 spiro atoms. The number of aliphatic hydroxyl groups excluding tert-OH is 1. The van der Waals surface area contributed by atoms with Crippen molar-refractivity contribution in [3.8, 4) is 0 Å². The van der Waals surface area contributed by atoms with Gasteiger partial charge in [-0.15, -0.1) is 0 Å². The molecule has 0 aliphatic rings. The third-order valence-electron chi connectivity index (χ3n) is 0.992. The van der Waals surface area contributed by atoms with Crippen LogP contribution in [0.2, 0.25) is 0 Å². The first-order chi connectivity index (χ1) is 4.84. The number of hydrogen-bond donors (Lipinski definition) is 1. The fourth-order valence-electron chi connectivity index (χ4n) is 0.553. The monoisotopic (exact) mass is 159 g/mol. The van der Waals surface area contributed by atoms with E-state index >= 15 is 0 Å². The van der Waals surface area contributed by atoms with E-state index in [1.807, 2.05) is 7.05 Å². The molecule has 5 heteroatoms. The van der Waals surface area contributed by atoms with Crippen molar-refractivity contribution in [2.24, 2.45) is 7.05 Å². The van der Waals surface area contributed by atoms with Crippen LogP contribution in [0.3, 0.4) is 0 Å². The lowest BCUT2D eigenvalue weighted by atomic mass is 10.9. The van der Waals surface area contributed by atoms with Crippen LogP contribution in [0.25, 0.3) is 0 Å². The largest absolute Gasteiger partial charge is 0.396 e. The predicted molar refractivity (Wildman–Crippen MR) is 38.8 cm³/mol. The van der Waals surface area contributed by atoms with E-state index in [9.17, 15) is 0 Å². The molecule has 0 fully saturated rings. The smallest absolute Gasteiger partial charge is 0.185 e. The van der Waals surface area contributed by atoms with Gasteiger partial charge in [-0.25, -0.2) is 9.67 Å². The summed E-state index contributed by atoms with van der Waals surface area (Å²) in [6.07, 6.45) is 1.50. The zero-order valence-electron chi connectivity index (χ0n) is 5.69. The lowest BCUT2D eigenvalue weighted by Crippen LogP contribution is -1.94. The Balaban J connectivity index is 2.49. The van der Waals surface area contributed by atoms with Crippen LogP contribution >= 0.6 is 11.8 Å². The van der Waals surface area contributed by atoms with Crippen molar-refractivity contribution in [2.75, 3.05) is 12.4 Å². The Morgan fingerprint density at radius 3 is 3.10 bits per heavy atom. The summed E-state index contributed by atoms with van der Waals surface area (Å²) < 4.78 is 1.68. The molecule has 0 saturated heterocycles. The number of thioether (sulfide) groups is 1. The van der Waals surface area contributed by atoms with E-state index in [0.29, 0.717) is 5.75 Å². The van der Waals surface area contributed by atoms with Gasteiger partial charge in [-0.3, -0.25) is 0 Å². The van der Waals surface area contributed by atoms with Crippen molar-refractivity contribution in [1.29, 1.82) is 0 Å². The first kappa shape index (κ1) is 7.56. The second-order valence-electron chi connectivity index (χ2n) is 1.74. The van der Waals surface area contributed by atoms with Gasteiger partial charge in [0, 0.05) is 12.8 Å². The highest BCUT2D eigenvalue weighted by Gasteiger charge is 1.98. The molecule has 0 unspecified atom stereocenters. The topological polar surface area (TPSA) is 50.9 Å². The number of rotatable bonds is 3.